The molecule has 6 nitrogen and oxygen atoms in total. The van der Waals surface area contributed by atoms with Crippen LogP contribution in [0.3, 0.4) is 0 Å². The first-order chi connectivity index (χ1) is 14.2. The van der Waals surface area contributed by atoms with Crippen LogP contribution in [0.5, 0.6) is 5.75 Å². The zero-order chi connectivity index (χ0) is 19.8. The number of hydrogen-bond acceptors (Lipinski definition) is 3. The number of nitrogens with one attached hydrogen (secondary N) is 3. The number of carbonyl (C=O) groups excluding carboxylic acids is 1. The van der Waals surface area contributed by atoms with Crippen molar-refractivity contribution in [3.63, 3.8) is 0 Å². The van der Waals surface area contributed by atoms with Crippen LogP contribution in [0.2, 0.25) is 0 Å². The van der Waals surface area contributed by atoms with Crippen LogP contribution in [0.1, 0.15) is 34.5 Å². The topological polar surface area (TPSA) is 82.8 Å². The summed E-state index contributed by atoms with van der Waals surface area (Å²) in [4.78, 5) is 16.5. The SMILES string of the molecule is COc1ccccc1-c1cc(NC(=O)c2cccc3c4c([nH]c23)CCCC4)n[nH]1. The molecule has 5 rings (SSSR count). The molecule has 1 aliphatic rings. The third-order valence-corrected chi connectivity index (χ3v) is 5.59. The number of aromatic nitrogens is 3. The Bertz CT molecular complexity index is 1200. The summed E-state index contributed by atoms with van der Waals surface area (Å²) < 4.78 is 5.41. The van der Waals surface area contributed by atoms with Gasteiger partial charge in [0.25, 0.3) is 5.91 Å². The fraction of sp³-hybridized carbons (Fsp3) is 0.217. The predicted octanol–water partition coefficient (Wildman–Crippen LogP) is 4.70. The molecule has 2 aromatic heterocycles. The first kappa shape index (κ1) is 17.6. The van der Waals surface area contributed by atoms with Gasteiger partial charge in [0.05, 0.1) is 23.9 Å². The second kappa shape index (κ2) is 7.13. The van der Waals surface area contributed by atoms with Crippen LogP contribution in [0.15, 0.2) is 48.5 Å². The van der Waals surface area contributed by atoms with Crippen LogP contribution in [-0.2, 0) is 12.8 Å². The maximum Gasteiger partial charge on any atom is 0.258 e. The molecule has 2 aromatic carbocycles. The van der Waals surface area contributed by atoms with Gasteiger partial charge in [0, 0.05) is 22.7 Å². The van der Waals surface area contributed by atoms with Crippen molar-refractivity contribution < 1.29 is 9.53 Å². The first-order valence-electron chi connectivity index (χ1n) is 9.87. The summed E-state index contributed by atoms with van der Waals surface area (Å²) in [5, 5.41) is 11.3. The van der Waals surface area contributed by atoms with Gasteiger partial charge in [-0.25, -0.2) is 0 Å². The highest BCUT2D eigenvalue weighted by Crippen LogP contribution is 2.32. The number of methoxy groups -OCH3 is 1. The van der Waals surface area contributed by atoms with Gasteiger partial charge in [-0.05, 0) is 49.4 Å². The lowest BCUT2D eigenvalue weighted by atomic mass is 9.95. The summed E-state index contributed by atoms with van der Waals surface area (Å²) in [5.41, 5.74) is 5.86. The van der Waals surface area contributed by atoms with E-state index in [1.165, 1.54) is 24.1 Å². The molecular formula is C23H22N4O2. The standard InChI is InChI=1S/C23H22N4O2/c1-29-20-12-5-3-8-16(20)19-13-21(27-26-19)25-23(28)17-10-6-9-15-14-7-2-4-11-18(14)24-22(15)17/h3,5-6,8-10,12-13,24H,2,4,7,11H2,1H3,(H2,25,26,27,28). The number of ether oxygens (including phenoxy) is 1. The molecule has 0 atom stereocenters. The lowest BCUT2D eigenvalue weighted by molar-refractivity contribution is 0.102. The highest BCUT2D eigenvalue weighted by Gasteiger charge is 2.20. The van der Waals surface area contributed by atoms with Crippen molar-refractivity contribution in [3.8, 4) is 17.0 Å². The van der Waals surface area contributed by atoms with Crippen molar-refractivity contribution >= 4 is 22.6 Å². The van der Waals surface area contributed by atoms with E-state index in [9.17, 15) is 4.79 Å². The van der Waals surface area contributed by atoms with Crippen molar-refractivity contribution in [2.75, 3.05) is 12.4 Å². The largest absolute Gasteiger partial charge is 0.496 e. The number of aromatic amines is 2. The van der Waals surface area contributed by atoms with Crippen molar-refractivity contribution in [2.24, 2.45) is 0 Å². The van der Waals surface area contributed by atoms with Crippen LogP contribution in [0.4, 0.5) is 5.82 Å². The molecule has 0 bridgehead atoms. The Labute approximate surface area is 168 Å². The van der Waals surface area contributed by atoms with E-state index in [2.05, 4.69) is 26.6 Å². The van der Waals surface area contributed by atoms with Gasteiger partial charge in [-0.2, -0.15) is 5.10 Å². The Balaban J connectivity index is 1.44. The van der Waals surface area contributed by atoms with Crippen molar-refractivity contribution in [1.29, 1.82) is 0 Å². The highest BCUT2D eigenvalue weighted by molar-refractivity contribution is 6.12. The molecule has 1 amide bonds. The maximum absolute atomic E-state index is 13.0. The van der Waals surface area contributed by atoms with E-state index in [1.54, 1.807) is 7.11 Å². The molecule has 6 heteroatoms. The maximum atomic E-state index is 13.0. The van der Waals surface area contributed by atoms with Crippen LogP contribution in [0.25, 0.3) is 22.2 Å². The average molecular weight is 386 g/mol. The van der Waals surface area contributed by atoms with Crippen LogP contribution < -0.4 is 10.1 Å². The number of hydrogen-bond donors (Lipinski definition) is 3. The van der Waals surface area contributed by atoms with Gasteiger partial charge < -0.3 is 15.0 Å². The normalized spacial score (nSPS) is 13.3. The van der Waals surface area contributed by atoms with E-state index in [1.807, 2.05) is 42.5 Å². The second-order valence-corrected chi connectivity index (χ2v) is 7.34. The molecule has 29 heavy (non-hydrogen) atoms. The molecule has 2 heterocycles. The van der Waals surface area contributed by atoms with Crippen LogP contribution in [0, 0.1) is 0 Å². The number of carbonyl (C=O) groups is 1. The third kappa shape index (κ3) is 3.06. The fourth-order valence-corrected chi connectivity index (χ4v) is 4.19. The molecule has 4 aromatic rings. The molecule has 146 valence electrons. The predicted molar refractivity (Wildman–Crippen MR) is 113 cm³/mol. The number of H-pyrrole nitrogens is 2. The molecule has 0 fully saturated rings. The molecule has 0 radical (unpaired) electrons. The minimum atomic E-state index is -0.174. The van der Waals surface area contributed by atoms with Gasteiger partial charge in [0.1, 0.15) is 5.75 Å². The van der Waals surface area contributed by atoms with E-state index < -0.39 is 0 Å². The van der Waals surface area contributed by atoms with E-state index in [0.29, 0.717) is 11.4 Å². The van der Waals surface area contributed by atoms with Gasteiger partial charge in [0.15, 0.2) is 5.82 Å². The highest BCUT2D eigenvalue weighted by atomic mass is 16.5. The van der Waals surface area contributed by atoms with E-state index in [0.717, 1.165) is 40.8 Å². The molecule has 1 aliphatic carbocycles. The molecule has 3 N–H and O–H groups in total. The number of para-hydroxylation sites is 2. The Kier molecular flexibility index (Phi) is 4.31. The van der Waals surface area contributed by atoms with Gasteiger partial charge in [-0.1, -0.05) is 24.3 Å². The van der Waals surface area contributed by atoms with Gasteiger partial charge >= 0.3 is 0 Å². The van der Waals surface area contributed by atoms with E-state index in [-0.39, 0.29) is 5.91 Å². The summed E-state index contributed by atoms with van der Waals surface area (Å²) in [6, 6.07) is 15.4. The quantitative estimate of drug-likeness (QED) is 0.475. The zero-order valence-electron chi connectivity index (χ0n) is 16.2. The number of fused-ring (bicyclic) bond motifs is 3. The Morgan fingerprint density at radius 1 is 1.10 bits per heavy atom. The number of amides is 1. The zero-order valence-corrected chi connectivity index (χ0v) is 16.2. The minimum absolute atomic E-state index is 0.174. The number of aryl methyl sites for hydroxylation is 2. The Morgan fingerprint density at radius 2 is 1.97 bits per heavy atom. The van der Waals surface area contributed by atoms with Gasteiger partial charge in [-0.15, -0.1) is 0 Å². The molecular weight excluding hydrogens is 364 g/mol. The molecule has 0 saturated heterocycles. The number of rotatable bonds is 4. The monoisotopic (exact) mass is 386 g/mol. The third-order valence-electron chi connectivity index (χ3n) is 5.59. The van der Waals surface area contributed by atoms with Crippen molar-refractivity contribution in [3.05, 3.63) is 65.4 Å². The Hall–Kier alpha value is -3.54. The van der Waals surface area contributed by atoms with Gasteiger partial charge in [-0.3, -0.25) is 9.89 Å². The van der Waals surface area contributed by atoms with Crippen molar-refractivity contribution in [1.82, 2.24) is 15.2 Å². The van der Waals surface area contributed by atoms with Gasteiger partial charge in [0.2, 0.25) is 0 Å². The Morgan fingerprint density at radius 3 is 2.86 bits per heavy atom. The molecule has 0 unspecified atom stereocenters. The van der Waals surface area contributed by atoms with E-state index >= 15 is 0 Å². The smallest absolute Gasteiger partial charge is 0.258 e. The molecule has 0 spiro atoms. The fourth-order valence-electron chi connectivity index (χ4n) is 4.19. The first-order valence-corrected chi connectivity index (χ1v) is 9.87. The lowest BCUT2D eigenvalue weighted by Crippen LogP contribution is -2.12. The number of benzene rings is 2. The summed E-state index contributed by atoms with van der Waals surface area (Å²) in [7, 11) is 1.63. The number of nitrogens with zero attached hydrogens (tertiary/aromatic N) is 1. The molecule has 0 saturated carbocycles. The minimum Gasteiger partial charge on any atom is -0.496 e. The van der Waals surface area contributed by atoms with E-state index in [4.69, 9.17) is 4.74 Å². The van der Waals surface area contributed by atoms with Crippen molar-refractivity contribution in [2.45, 2.75) is 25.7 Å². The lowest BCUT2D eigenvalue weighted by Gasteiger charge is -2.10. The number of anilines is 1. The summed E-state index contributed by atoms with van der Waals surface area (Å²) in [6.45, 7) is 0. The summed E-state index contributed by atoms with van der Waals surface area (Å²) in [6.07, 6.45) is 4.52. The van der Waals surface area contributed by atoms with Crippen LogP contribution in [-0.4, -0.2) is 28.2 Å². The summed E-state index contributed by atoms with van der Waals surface area (Å²) >= 11 is 0. The van der Waals surface area contributed by atoms with Crippen LogP contribution >= 0.6 is 0 Å². The second-order valence-electron chi connectivity index (χ2n) is 7.34. The molecule has 0 aliphatic heterocycles. The summed E-state index contributed by atoms with van der Waals surface area (Å²) in [5.74, 6) is 1.05. The average Bonchev–Trinajstić information content (AvgIpc) is 3.38.